The molecule has 1 fully saturated rings. The largest absolute Gasteiger partial charge is 0.345 e. The molecule has 2 amide bonds. The minimum absolute atomic E-state index is 0.0127. The van der Waals surface area contributed by atoms with Crippen LogP contribution in [0.1, 0.15) is 31.5 Å². The summed E-state index contributed by atoms with van der Waals surface area (Å²) in [7, 11) is 0. The number of aromatic nitrogens is 2. The van der Waals surface area contributed by atoms with Crippen LogP contribution in [0.3, 0.4) is 0 Å². The first kappa shape index (κ1) is 17.2. The molecule has 3 rings (SSSR count). The molecule has 1 saturated heterocycles. The number of amides is 2. The average Bonchev–Trinajstić information content (AvgIpc) is 3.23. The Labute approximate surface area is 150 Å². The summed E-state index contributed by atoms with van der Waals surface area (Å²) in [6, 6.07) is -0.0127. The summed E-state index contributed by atoms with van der Waals surface area (Å²) in [5, 5.41) is 9.03. The quantitative estimate of drug-likeness (QED) is 0.908. The van der Waals surface area contributed by atoms with E-state index in [2.05, 4.69) is 46.3 Å². The molecule has 8 heteroatoms. The van der Waals surface area contributed by atoms with Gasteiger partial charge in [0.25, 0.3) is 0 Å². The van der Waals surface area contributed by atoms with Crippen LogP contribution in [0, 0.1) is 0 Å². The molecule has 0 saturated carbocycles. The first-order valence-electron chi connectivity index (χ1n) is 8.05. The fraction of sp³-hybridized carbons (Fsp3) is 0.562. The van der Waals surface area contributed by atoms with Gasteiger partial charge < -0.3 is 15.1 Å². The number of hydrogen-bond acceptors (Lipinski definition) is 6. The van der Waals surface area contributed by atoms with Crippen LogP contribution in [0.15, 0.2) is 17.0 Å². The van der Waals surface area contributed by atoms with Gasteiger partial charge >= 0.3 is 6.03 Å². The Morgan fingerprint density at radius 3 is 2.58 bits per heavy atom. The second-order valence-electron chi connectivity index (χ2n) is 6.82. The Balaban J connectivity index is 1.47. The van der Waals surface area contributed by atoms with Gasteiger partial charge in [0, 0.05) is 48.6 Å². The Kier molecular flexibility index (Phi) is 5.05. The van der Waals surface area contributed by atoms with Crippen LogP contribution < -0.4 is 10.2 Å². The smallest absolute Gasteiger partial charge is 0.317 e. The second kappa shape index (κ2) is 7.06. The van der Waals surface area contributed by atoms with Crippen molar-refractivity contribution in [3.05, 3.63) is 27.7 Å². The average molecular weight is 366 g/mol. The van der Waals surface area contributed by atoms with Gasteiger partial charge in [-0.05, 0) is 0 Å². The van der Waals surface area contributed by atoms with Crippen LogP contribution in [0.2, 0.25) is 0 Å². The second-order valence-corrected chi connectivity index (χ2v) is 8.64. The van der Waals surface area contributed by atoms with Crippen LogP contribution in [0.25, 0.3) is 0 Å². The van der Waals surface area contributed by atoms with E-state index in [0.29, 0.717) is 6.54 Å². The summed E-state index contributed by atoms with van der Waals surface area (Å²) in [6.45, 7) is 10.0. The van der Waals surface area contributed by atoms with Crippen molar-refractivity contribution in [2.24, 2.45) is 0 Å². The molecule has 2 aromatic heterocycles. The number of nitrogens with zero attached hydrogens (tertiary/aromatic N) is 4. The fourth-order valence-electron chi connectivity index (χ4n) is 2.47. The van der Waals surface area contributed by atoms with Crippen LogP contribution >= 0.6 is 22.7 Å². The van der Waals surface area contributed by atoms with Crippen molar-refractivity contribution in [2.45, 2.75) is 32.7 Å². The number of anilines is 1. The van der Waals surface area contributed by atoms with E-state index in [4.69, 9.17) is 0 Å². The highest BCUT2D eigenvalue weighted by Gasteiger charge is 2.23. The van der Waals surface area contributed by atoms with Gasteiger partial charge in [-0.3, -0.25) is 0 Å². The number of carbonyl (C=O) groups excluding carboxylic acids is 1. The zero-order valence-electron chi connectivity index (χ0n) is 14.3. The summed E-state index contributed by atoms with van der Waals surface area (Å²) >= 11 is 3.24. The Morgan fingerprint density at radius 2 is 2.00 bits per heavy atom. The molecule has 24 heavy (non-hydrogen) atoms. The maximum atomic E-state index is 12.3. The van der Waals surface area contributed by atoms with Gasteiger partial charge in [0.2, 0.25) is 0 Å². The standard InChI is InChI=1S/C16H23N5OS2/c1-16(2,3)12-11-24-13(19-12)10-18-14(22)20-5-7-21(8-6-20)15-17-4-9-23-15/h4,9,11H,5-8,10H2,1-3H3,(H,18,22). The molecule has 0 unspecified atom stereocenters. The third-order valence-corrected chi connectivity index (χ3v) is 5.65. The number of nitrogens with one attached hydrogen (secondary N) is 1. The molecule has 3 heterocycles. The van der Waals surface area contributed by atoms with Gasteiger partial charge in [-0.1, -0.05) is 20.8 Å². The van der Waals surface area contributed by atoms with E-state index < -0.39 is 0 Å². The van der Waals surface area contributed by atoms with E-state index in [1.807, 2.05) is 16.5 Å². The lowest BCUT2D eigenvalue weighted by Crippen LogP contribution is -2.51. The molecule has 6 nitrogen and oxygen atoms in total. The first-order valence-corrected chi connectivity index (χ1v) is 9.81. The zero-order valence-corrected chi connectivity index (χ0v) is 15.9. The van der Waals surface area contributed by atoms with Gasteiger partial charge in [-0.2, -0.15) is 0 Å². The first-order chi connectivity index (χ1) is 11.4. The molecule has 0 aromatic carbocycles. The number of thiazole rings is 2. The predicted octanol–water partition coefficient (Wildman–Crippen LogP) is 2.93. The van der Waals surface area contributed by atoms with Crippen LogP contribution in [0.4, 0.5) is 9.93 Å². The monoisotopic (exact) mass is 365 g/mol. The molecule has 0 bridgehead atoms. The zero-order chi connectivity index (χ0) is 17.2. The summed E-state index contributed by atoms with van der Waals surface area (Å²) in [5.74, 6) is 0. The molecular weight excluding hydrogens is 342 g/mol. The highest BCUT2D eigenvalue weighted by molar-refractivity contribution is 7.13. The Bertz CT molecular complexity index is 669. The molecule has 1 N–H and O–H groups in total. The van der Waals surface area contributed by atoms with E-state index in [1.165, 1.54) is 0 Å². The minimum atomic E-state index is -0.0127. The maximum Gasteiger partial charge on any atom is 0.317 e. The molecule has 1 aliphatic heterocycles. The lowest BCUT2D eigenvalue weighted by Gasteiger charge is -2.34. The summed E-state index contributed by atoms with van der Waals surface area (Å²) in [6.07, 6.45) is 1.82. The highest BCUT2D eigenvalue weighted by atomic mass is 32.1. The number of carbonyl (C=O) groups is 1. The topological polar surface area (TPSA) is 61.4 Å². The number of rotatable bonds is 3. The molecule has 0 radical (unpaired) electrons. The molecule has 130 valence electrons. The minimum Gasteiger partial charge on any atom is -0.345 e. The van der Waals surface area contributed by atoms with E-state index in [-0.39, 0.29) is 11.4 Å². The third kappa shape index (κ3) is 4.05. The fourth-order valence-corrected chi connectivity index (χ4v) is 4.13. The molecule has 2 aromatic rings. The van der Waals surface area contributed by atoms with Crippen molar-refractivity contribution >= 4 is 33.8 Å². The van der Waals surface area contributed by atoms with E-state index in [9.17, 15) is 4.79 Å². The lowest BCUT2D eigenvalue weighted by molar-refractivity contribution is 0.194. The third-order valence-electron chi connectivity index (χ3n) is 3.97. The molecular formula is C16H23N5OS2. The Morgan fingerprint density at radius 1 is 1.25 bits per heavy atom. The molecule has 0 atom stereocenters. The van der Waals surface area contributed by atoms with E-state index >= 15 is 0 Å². The van der Waals surface area contributed by atoms with Crippen molar-refractivity contribution in [1.29, 1.82) is 0 Å². The number of urea groups is 1. The summed E-state index contributed by atoms with van der Waals surface area (Å²) in [5.41, 5.74) is 1.12. The van der Waals surface area contributed by atoms with Crippen LogP contribution in [0.5, 0.6) is 0 Å². The lowest BCUT2D eigenvalue weighted by atomic mass is 9.93. The highest BCUT2D eigenvalue weighted by Crippen LogP contribution is 2.24. The van der Waals surface area contributed by atoms with Crippen LogP contribution in [-0.4, -0.2) is 47.1 Å². The Hall–Kier alpha value is -1.67. The van der Waals surface area contributed by atoms with Crippen LogP contribution in [-0.2, 0) is 12.0 Å². The SMILES string of the molecule is CC(C)(C)c1csc(CNC(=O)N2CCN(c3nccs3)CC2)n1. The van der Waals surface area contributed by atoms with Gasteiger partial charge in [-0.25, -0.2) is 14.8 Å². The van der Waals surface area contributed by atoms with Crippen molar-refractivity contribution in [1.82, 2.24) is 20.2 Å². The number of piperazine rings is 1. The normalized spacial score (nSPS) is 15.6. The van der Waals surface area contributed by atoms with Gasteiger partial charge in [0.05, 0.1) is 12.2 Å². The van der Waals surface area contributed by atoms with E-state index in [0.717, 1.165) is 42.0 Å². The van der Waals surface area contributed by atoms with Crippen molar-refractivity contribution < 1.29 is 4.79 Å². The van der Waals surface area contributed by atoms with E-state index in [1.54, 1.807) is 22.7 Å². The molecule has 0 aliphatic carbocycles. The summed E-state index contributed by atoms with van der Waals surface area (Å²) in [4.78, 5) is 25.4. The van der Waals surface area contributed by atoms with Gasteiger partial charge in [0.15, 0.2) is 5.13 Å². The van der Waals surface area contributed by atoms with Gasteiger partial charge in [-0.15, -0.1) is 22.7 Å². The summed E-state index contributed by atoms with van der Waals surface area (Å²) < 4.78 is 0. The maximum absolute atomic E-state index is 12.3. The van der Waals surface area contributed by atoms with Gasteiger partial charge in [0.1, 0.15) is 5.01 Å². The molecule has 1 aliphatic rings. The van der Waals surface area contributed by atoms with Crippen molar-refractivity contribution in [2.75, 3.05) is 31.1 Å². The van der Waals surface area contributed by atoms with Crippen molar-refractivity contribution in [3.63, 3.8) is 0 Å². The number of hydrogen-bond donors (Lipinski definition) is 1. The predicted molar refractivity (Wildman–Crippen MR) is 98.9 cm³/mol. The van der Waals surface area contributed by atoms with Crippen molar-refractivity contribution in [3.8, 4) is 0 Å². The molecule has 0 spiro atoms.